The van der Waals surface area contributed by atoms with Crippen molar-refractivity contribution in [2.75, 3.05) is 17.7 Å². The van der Waals surface area contributed by atoms with E-state index in [0.29, 0.717) is 28.0 Å². The molecular formula is C17H14ClN5O2. The summed E-state index contributed by atoms with van der Waals surface area (Å²) in [5.74, 6) is 0.412. The average Bonchev–Trinajstić information content (AvgIpc) is 2.64. The van der Waals surface area contributed by atoms with Gasteiger partial charge in [-0.05, 0) is 36.4 Å². The maximum atomic E-state index is 11.4. The molecule has 0 fully saturated rings. The lowest BCUT2D eigenvalue weighted by atomic mass is 10.2. The van der Waals surface area contributed by atoms with Crippen LogP contribution in [0.1, 0.15) is 10.4 Å². The number of nitrogens with one attached hydrogen (secondary N) is 2. The summed E-state index contributed by atoms with van der Waals surface area (Å²) < 4.78 is 4.66. The second-order valence-corrected chi connectivity index (χ2v) is 5.37. The summed E-state index contributed by atoms with van der Waals surface area (Å²) in [6.07, 6.45) is 1.49. The Bertz CT molecular complexity index is 886. The minimum absolute atomic E-state index is 0.308. The molecule has 3 rings (SSSR count). The number of rotatable bonds is 5. The van der Waals surface area contributed by atoms with Crippen molar-refractivity contribution < 1.29 is 9.53 Å². The number of carbonyl (C=O) groups is 1. The molecule has 0 unspecified atom stereocenters. The van der Waals surface area contributed by atoms with Gasteiger partial charge in [0.2, 0.25) is 5.95 Å². The van der Waals surface area contributed by atoms with Crippen LogP contribution in [0.5, 0.6) is 0 Å². The summed E-state index contributed by atoms with van der Waals surface area (Å²) in [5.41, 5.74) is 1.89. The highest BCUT2D eigenvalue weighted by Gasteiger charge is 2.06. The van der Waals surface area contributed by atoms with Crippen LogP contribution in [0.15, 0.2) is 54.7 Å². The molecule has 0 saturated carbocycles. The van der Waals surface area contributed by atoms with Crippen molar-refractivity contribution in [3.8, 4) is 0 Å². The highest BCUT2D eigenvalue weighted by Crippen LogP contribution is 2.24. The van der Waals surface area contributed by atoms with Gasteiger partial charge in [-0.2, -0.15) is 10.1 Å². The predicted octanol–water partition coefficient (Wildman–Crippen LogP) is 3.80. The molecule has 126 valence electrons. The number of anilines is 4. The molecule has 7 nitrogen and oxygen atoms in total. The number of benzene rings is 2. The van der Waals surface area contributed by atoms with Crippen molar-refractivity contribution in [3.63, 3.8) is 0 Å². The first-order valence-corrected chi connectivity index (χ1v) is 7.70. The van der Waals surface area contributed by atoms with Crippen LogP contribution in [-0.4, -0.2) is 28.3 Å². The van der Waals surface area contributed by atoms with E-state index in [4.69, 9.17) is 11.6 Å². The van der Waals surface area contributed by atoms with Crippen molar-refractivity contribution >= 4 is 40.7 Å². The molecule has 1 aromatic heterocycles. The fraction of sp³-hybridized carbons (Fsp3) is 0.0588. The van der Waals surface area contributed by atoms with Gasteiger partial charge >= 0.3 is 5.97 Å². The molecule has 0 amide bonds. The summed E-state index contributed by atoms with van der Waals surface area (Å²) >= 11 is 6.12. The molecule has 8 heteroatoms. The quantitative estimate of drug-likeness (QED) is 0.673. The van der Waals surface area contributed by atoms with E-state index in [1.165, 1.54) is 13.3 Å². The highest BCUT2D eigenvalue weighted by atomic mass is 35.5. The summed E-state index contributed by atoms with van der Waals surface area (Å²) in [6.45, 7) is 0. The number of esters is 1. The molecule has 0 spiro atoms. The van der Waals surface area contributed by atoms with Crippen LogP contribution in [0.4, 0.5) is 23.1 Å². The van der Waals surface area contributed by atoms with Gasteiger partial charge in [-0.1, -0.05) is 23.7 Å². The largest absolute Gasteiger partial charge is 0.465 e. The zero-order chi connectivity index (χ0) is 17.6. The number of methoxy groups -OCH3 is 1. The summed E-state index contributed by atoms with van der Waals surface area (Å²) in [7, 11) is 1.34. The molecule has 25 heavy (non-hydrogen) atoms. The van der Waals surface area contributed by atoms with Crippen LogP contribution in [0, 0.1) is 0 Å². The van der Waals surface area contributed by atoms with Gasteiger partial charge < -0.3 is 15.4 Å². The average molecular weight is 356 g/mol. The number of hydrogen-bond acceptors (Lipinski definition) is 7. The maximum Gasteiger partial charge on any atom is 0.337 e. The van der Waals surface area contributed by atoms with Gasteiger partial charge in [0.25, 0.3) is 0 Å². The standard InChI is InChI=1S/C17H14ClN5O2/c1-25-16(24)11-6-8-12(9-7-11)20-17-22-15(10-19-23-17)21-14-5-3-2-4-13(14)18/h2-10H,1H3,(H2,20,21,22,23). The Labute approximate surface area is 149 Å². The number of aromatic nitrogens is 3. The second kappa shape index (κ2) is 7.59. The lowest BCUT2D eigenvalue weighted by Crippen LogP contribution is -2.03. The normalized spacial score (nSPS) is 10.2. The first-order chi connectivity index (χ1) is 12.2. The monoisotopic (exact) mass is 355 g/mol. The Morgan fingerprint density at radius 2 is 1.84 bits per heavy atom. The molecule has 1 heterocycles. The zero-order valence-electron chi connectivity index (χ0n) is 13.2. The van der Waals surface area contributed by atoms with Crippen LogP contribution >= 0.6 is 11.6 Å². The molecule has 0 saturated heterocycles. The number of hydrogen-bond donors (Lipinski definition) is 2. The molecule has 0 aliphatic rings. The van der Waals surface area contributed by atoms with Crippen molar-refractivity contribution in [1.82, 2.24) is 15.2 Å². The molecule has 0 aliphatic carbocycles. The third-order valence-electron chi connectivity index (χ3n) is 3.26. The van der Waals surface area contributed by atoms with Gasteiger partial charge in [-0.3, -0.25) is 0 Å². The molecule has 0 atom stereocenters. The maximum absolute atomic E-state index is 11.4. The highest BCUT2D eigenvalue weighted by molar-refractivity contribution is 6.33. The Morgan fingerprint density at radius 3 is 2.56 bits per heavy atom. The summed E-state index contributed by atoms with van der Waals surface area (Å²) in [5, 5.41) is 14.5. The van der Waals surface area contributed by atoms with Gasteiger partial charge in [0.05, 0.1) is 29.6 Å². The minimum atomic E-state index is -0.393. The predicted molar refractivity (Wildman–Crippen MR) is 95.6 cm³/mol. The van der Waals surface area contributed by atoms with Gasteiger partial charge in [0.1, 0.15) is 0 Å². The molecule has 2 N–H and O–H groups in total. The molecule has 3 aromatic rings. The van der Waals surface area contributed by atoms with Crippen molar-refractivity contribution in [1.29, 1.82) is 0 Å². The van der Waals surface area contributed by atoms with Crippen LogP contribution in [0.3, 0.4) is 0 Å². The SMILES string of the molecule is COC(=O)c1ccc(Nc2nncc(Nc3ccccc3Cl)n2)cc1. The summed E-state index contributed by atoms with van der Waals surface area (Å²) in [6, 6.07) is 14.1. The van der Waals surface area contributed by atoms with Crippen molar-refractivity contribution in [3.05, 3.63) is 65.3 Å². The van der Waals surface area contributed by atoms with E-state index in [9.17, 15) is 4.79 Å². The number of nitrogens with zero attached hydrogens (tertiary/aromatic N) is 3. The number of halogens is 1. The molecule has 0 bridgehead atoms. The first-order valence-electron chi connectivity index (χ1n) is 7.32. The van der Waals surface area contributed by atoms with Crippen LogP contribution in [0.2, 0.25) is 5.02 Å². The Hall–Kier alpha value is -3.19. The topological polar surface area (TPSA) is 89.0 Å². The van der Waals surface area contributed by atoms with E-state index >= 15 is 0 Å². The third kappa shape index (κ3) is 4.21. The number of carbonyl (C=O) groups excluding carboxylic acids is 1. The lowest BCUT2D eigenvalue weighted by Gasteiger charge is -2.09. The Kier molecular flexibility index (Phi) is 5.06. The van der Waals surface area contributed by atoms with Crippen LogP contribution < -0.4 is 10.6 Å². The third-order valence-corrected chi connectivity index (χ3v) is 3.59. The molecule has 0 aliphatic heterocycles. The number of para-hydroxylation sites is 1. The van der Waals surface area contributed by atoms with E-state index in [-0.39, 0.29) is 0 Å². The minimum Gasteiger partial charge on any atom is -0.465 e. The molecular weight excluding hydrogens is 342 g/mol. The van der Waals surface area contributed by atoms with Gasteiger partial charge in [0, 0.05) is 5.69 Å². The van der Waals surface area contributed by atoms with Gasteiger partial charge in [-0.15, -0.1) is 5.10 Å². The smallest absolute Gasteiger partial charge is 0.337 e. The number of ether oxygens (including phenoxy) is 1. The van der Waals surface area contributed by atoms with Crippen LogP contribution in [0.25, 0.3) is 0 Å². The van der Waals surface area contributed by atoms with E-state index in [1.54, 1.807) is 30.3 Å². The van der Waals surface area contributed by atoms with E-state index in [2.05, 4.69) is 30.6 Å². The second-order valence-electron chi connectivity index (χ2n) is 4.96. The Morgan fingerprint density at radius 1 is 1.08 bits per heavy atom. The van der Waals surface area contributed by atoms with Gasteiger partial charge in [-0.25, -0.2) is 4.79 Å². The lowest BCUT2D eigenvalue weighted by molar-refractivity contribution is 0.0601. The van der Waals surface area contributed by atoms with Crippen LogP contribution in [-0.2, 0) is 4.74 Å². The Balaban J connectivity index is 1.73. The fourth-order valence-electron chi connectivity index (χ4n) is 2.05. The van der Waals surface area contributed by atoms with E-state index in [0.717, 1.165) is 5.69 Å². The first kappa shape index (κ1) is 16.7. The van der Waals surface area contributed by atoms with Crippen molar-refractivity contribution in [2.24, 2.45) is 0 Å². The fourth-order valence-corrected chi connectivity index (χ4v) is 2.24. The molecule has 0 radical (unpaired) electrons. The summed E-state index contributed by atoms with van der Waals surface area (Å²) in [4.78, 5) is 15.8. The molecule has 2 aromatic carbocycles. The zero-order valence-corrected chi connectivity index (χ0v) is 14.0. The van der Waals surface area contributed by atoms with E-state index in [1.807, 2.05) is 18.2 Å². The van der Waals surface area contributed by atoms with E-state index < -0.39 is 5.97 Å². The van der Waals surface area contributed by atoms with Gasteiger partial charge in [0.15, 0.2) is 5.82 Å². The van der Waals surface area contributed by atoms with Crippen molar-refractivity contribution in [2.45, 2.75) is 0 Å².